The average Bonchev–Trinajstić information content (AvgIpc) is 3.25. The first-order valence-corrected chi connectivity index (χ1v) is 12.2. The minimum atomic E-state index is -1.00. The second-order valence-electron chi connectivity index (χ2n) is 9.61. The van der Waals surface area contributed by atoms with Crippen LogP contribution in [0.4, 0.5) is 4.39 Å². The maximum atomic E-state index is 13.8. The average molecular weight is 498 g/mol. The van der Waals surface area contributed by atoms with Crippen molar-refractivity contribution in [3.05, 3.63) is 65.5 Å². The summed E-state index contributed by atoms with van der Waals surface area (Å²) in [5.74, 6) is -0.292. The largest absolute Gasteiger partial charge is 0.497 e. The first-order chi connectivity index (χ1) is 17.2. The number of nitrogens with one attached hydrogen (secondary N) is 1. The fourth-order valence-corrected chi connectivity index (χ4v) is 4.70. The second-order valence-corrected chi connectivity index (χ2v) is 9.61. The molecule has 192 valence electrons. The molecular weight excluding hydrogens is 465 g/mol. The van der Waals surface area contributed by atoms with E-state index in [0.717, 1.165) is 0 Å². The van der Waals surface area contributed by atoms with Gasteiger partial charge >= 0.3 is 0 Å². The van der Waals surface area contributed by atoms with Crippen LogP contribution in [-0.4, -0.2) is 72.6 Å². The Labute approximate surface area is 210 Å². The summed E-state index contributed by atoms with van der Waals surface area (Å²) in [6.07, 6.45) is 0.714. The fraction of sp³-hybridized carbons (Fsp3) is 0.444. The Morgan fingerprint density at radius 2 is 1.61 bits per heavy atom. The molecule has 2 aromatic carbocycles. The minimum Gasteiger partial charge on any atom is -0.497 e. The monoisotopic (exact) mass is 497 g/mol. The maximum Gasteiger partial charge on any atom is 0.256 e. The van der Waals surface area contributed by atoms with E-state index in [4.69, 9.17) is 9.47 Å². The third-order valence-corrected chi connectivity index (χ3v) is 6.73. The molecule has 2 fully saturated rings. The van der Waals surface area contributed by atoms with Crippen molar-refractivity contribution in [2.45, 2.75) is 38.5 Å². The van der Waals surface area contributed by atoms with Gasteiger partial charge in [0.05, 0.1) is 13.7 Å². The number of methoxy groups -OCH3 is 1. The molecule has 0 saturated carbocycles. The van der Waals surface area contributed by atoms with Gasteiger partial charge in [0.1, 0.15) is 23.3 Å². The molecule has 4 rings (SSSR count). The molecule has 0 radical (unpaired) electrons. The molecule has 0 aliphatic carbocycles. The molecular formula is C27H32FN3O5. The number of ether oxygens (including phenoxy) is 2. The zero-order chi connectivity index (χ0) is 25.9. The van der Waals surface area contributed by atoms with E-state index in [-0.39, 0.29) is 30.2 Å². The Balaban J connectivity index is 1.56. The molecule has 2 saturated heterocycles. The summed E-state index contributed by atoms with van der Waals surface area (Å²) in [5.41, 5.74) is -0.180. The fourth-order valence-electron chi connectivity index (χ4n) is 4.70. The number of amides is 3. The summed E-state index contributed by atoms with van der Waals surface area (Å²) in [7, 11) is 1.55. The number of piperidine rings is 1. The van der Waals surface area contributed by atoms with E-state index in [1.165, 1.54) is 24.3 Å². The Bertz CT molecular complexity index is 1100. The number of halogens is 1. The molecule has 36 heavy (non-hydrogen) atoms. The van der Waals surface area contributed by atoms with Crippen molar-refractivity contribution in [2.24, 2.45) is 5.92 Å². The van der Waals surface area contributed by atoms with Crippen molar-refractivity contribution in [1.82, 2.24) is 15.1 Å². The second kappa shape index (κ2) is 10.7. The predicted molar refractivity (Wildman–Crippen MR) is 131 cm³/mol. The van der Waals surface area contributed by atoms with Crippen LogP contribution in [0.2, 0.25) is 0 Å². The van der Waals surface area contributed by atoms with Gasteiger partial charge in [0.2, 0.25) is 5.91 Å². The van der Waals surface area contributed by atoms with Crippen molar-refractivity contribution in [2.75, 3.05) is 33.4 Å². The SMILES string of the molecule is COc1ccc(C(=O)N2C(C(=O)NCC(C)C)COC23CCN(C(=O)c2ccc(F)cc2)CC3)cc1. The van der Waals surface area contributed by atoms with E-state index < -0.39 is 17.6 Å². The first kappa shape index (κ1) is 25.6. The van der Waals surface area contributed by atoms with E-state index in [1.807, 2.05) is 13.8 Å². The quantitative estimate of drug-likeness (QED) is 0.663. The molecule has 2 heterocycles. The molecule has 8 nitrogen and oxygen atoms in total. The van der Waals surface area contributed by atoms with Crippen LogP contribution in [0.1, 0.15) is 47.4 Å². The summed E-state index contributed by atoms with van der Waals surface area (Å²) in [5, 5.41) is 2.93. The normalized spacial score (nSPS) is 19.0. The van der Waals surface area contributed by atoms with E-state index in [1.54, 1.807) is 41.2 Å². The number of benzene rings is 2. The van der Waals surface area contributed by atoms with Gasteiger partial charge in [-0.2, -0.15) is 0 Å². The van der Waals surface area contributed by atoms with Crippen LogP contribution < -0.4 is 10.1 Å². The van der Waals surface area contributed by atoms with Gasteiger partial charge in [-0.25, -0.2) is 4.39 Å². The highest BCUT2D eigenvalue weighted by Crippen LogP contribution is 2.39. The lowest BCUT2D eigenvalue weighted by atomic mass is 9.96. The van der Waals surface area contributed by atoms with Gasteiger partial charge in [0.25, 0.3) is 11.8 Å². The van der Waals surface area contributed by atoms with Crippen LogP contribution in [0, 0.1) is 11.7 Å². The lowest BCUT2D eigenvalue weighted by Crippen LogP contribution is -2.60. The molecule has 9 heteroatoms. The van der Waals surface area contributed by atoms with Crippen LogP contribution >= 0.6 is 0 Å². The highest BCUT2D eigenvalue weighted by molar-refractivity contribution is 5.98. The van der Waals surface area contributed by atoms with Crippen molar-refractivity contribution in [1.29, 1.82) is 0 Å². The Hall–Kier alpha value is -3.46. The number of likely N-dealkylation sites (tertiary alicyclic amines) is 1. The Morgan fingerprint density at radius 3 is 2.19 bits per heavy atom. The number of hydrogen-bond donors (Lipinski definition) is 1. The summed E-state index contributed by atoms with van der Waals surface area (Å²) in [6.45, 7) is 5.25. The van der Waals surface area contributed by atoms with Crippen LogP contribution in [0.5, 0.6) is 5.75 Å². The molecule has 2 aliphatic heterocycles. The van der Waals surface area contributed by atoms with Gasteiger partial charge in [-0.1, -0.05) is 13.8 Å². The smallest absolute Gasteiger partial charge is 0.256 e. The Morgan fingerprint density at radius 1 is 1.03 bits per heavy atom. The number of rotatable bonds is 6. The highest BCUT2D eigenvalue weighted by atomic mass is 19.1. The van der Waals surface area contributed by atoms with Crippen LogP contribution in [-0.2, 0) is 9.53 Å². The third kappa shape index (κ3) is 5.21. The lowest BCUT2D eigenvalue weighted by molar-refractivity contribution is -0.128. The molecule has 0 aromatic heterocycles. The van der Waals surface area contributed by atoms with Crippen LogP contribution in [0.25, 0.3) is 0 Å². The van der Waals surface area contributed by atoms with Gasteiger partial charge in [0.15, 0.2) is 0 Å². The molecule has 1 N–H and O–H groups in total. The number of carbonyl (C=O) groups is 3. The van der Waals surface area contributed by atoms with Gasteiger partial charge < -0.3 is 19.7 Å². The summed E-state index contributed by atoms with van der Waals surface area (Å²) >= 11 is 0. The maximum absolute atomic E-state index is 13.8. The van der Waals surface area contributed by atoms with Crippen LogP contribution in [0.15, 0.2) is 48.5 Å². The zero-order valence-corrected chi connectivity index (χ0v) is 20.8. The summed E-state index contributed by atoms with van der Waals surface area (Å²) < 4.78 is 24.7. The molecule has 1 spiro atoms. The van der Waals surface area contributed by atoms with Gasteiger partial charge in [-0.05, 0) is 54.4 Å². The minimum absolute atomic E-state index is 0.0811. The van der Waals surface area contributed by atoms with Crippen molar-refractivity contribution < 1.29 is 28.2 Å². The predicted octanol–water partition coefficient (Wildman–Crippen LogP) is 3.08. The highest BCUT2D eigenvalue weighted by Gasteiger charge is 2.54. The number of hydrogen-bond acceptors (Lipinski definition) is 5. The molecule has 2 aliphatic rings. The van der Waals surface area contributed by atoms with Crippen molar-refractivity contribution in [3.63, 3.8) is 0 Å². The number of nitrogens with zero attached hydrogens (tertiary/aromatic N) is 2. The Kier molecular flexibility index (Phi) is 7.59. The summed E-state index contributed by atoms with van der Waals surface area (Å²) in [6, 6.07) is 11.4. The first-order valence-electron chi connectivity index (χ1n) is 12.2. The third-order valence-electron chi connectivity index (χ3n) is 6.73. The number of carbonyl (C=O) groups excluding carboxylic acids is 3. The zero-order valence-electron chi connectivity index (χ0n) is 20.8. The van der Waals surface area contributed by atoms with E-state index >= 15 is 0 Å². The molecule has 2 aromatic rings. The summed E-state index contributed by atoms with van der Waals surface area (Å²) in [4.78, 5) is 43.0. The molecule has 3 amide bonds. The van der Waals surface area contributed by atoms with Crippen LogP contribution in [0.3, 0.4) is 0 Å². The molecule has 0 bridgehead atoms. The lowest BCUT2D eigenvalue weighted by Gasteiger charge is -2.44. The molecule has 1 unspecified atom stereocenters. The van der Waals surface area contributed by atoms with Crippen molar-refractivity contribution in [3.8, 4) is 5.75 Å². The van der Waals surface area contributed by atoms with Gasteiger partial charge in [0, 0.05) is 43.6 Å². The van der Waals surface area contributed by atoms with E-state index in [9.17, 15) is 18.8 Å². The standard InChI is InChI=1S/C27H32FN3O5/c1-18(2)16-29-24(32)23-17-36-27(31(23)26(34)20-6-10-22(35-3)11-7-20)12-14-30(15-13-27)25(33)19-4-8-21(28)9-5-19/h4-11,18,23H,12-17H2,1-3H3,(H,29,32). The van der Waals surface area contributed by atoms with E-state index in [2.05, 4.69) is 5.32 Å². The molecule has 1 atom stereocenters. The van der Waals surface area contributed by atoms with E-state index in [0.29, 0.717) is 49.4 Å². The topological polar surface area (TPSA) is 88.2 Å². The van der Waals surface area contributed by atoms with Gasteiger partial charge in [-0.3, -0.25) is 19.3 Å². The van der Waals surface area contributed by atoms with Gasteiger partial charge in [-0.15, -0.1) is 0 Å². The van der Waals surface area contributed by atoms with Crippen molar-refractivity contribution >= 4 is 17.7 Å².